The molecule has 0 unspecified atom stereocenters. The minimum Gasteiger partial charge on any atom is -0.496 e. The highest BCUT2D eigenvalue weighted by Gasteiger charge is 2.11. The number of carbonyl (C=O) groups is 1. The van der Waals surface area contributed by atoms with Crippen LogP contribution in [0.2, 0.25) is 0 Å². The summed E-state index contributed by atoms with van der Waals surface area (Å²) in [5.74, 6) is 1.36. The number of benzene rings is 1. The number of nitrogens with one attached hydrogen (secondary N) is 1. The maximum atomic E-state index is 12.1. The fourth-order valence-electron chi connectivity index (χ4n) is 1.72. The van der Waals surface area contributed by atoms with Crippen LogP contribution in [0, 0.1) is 0 Å². The first kappa shape index (κ1) is 16.7. The molecule has 118 valence electrons. The summed E-state index contributed by atoms with van der Waals surface area (Å²) in [6.07, 6.45) is 0.232. The van der Waals surface area contributed by atoms with E-state index in [1.54, 1.807) is 26.0 Å². The number of nitrogens with zero attached hydrogens (tertiary/aromatic N) is 2. The molecule has 1 amide bonds. The van der Waals surface area contributed by atoms with Crippen LogP contribution in [0.1, 0.15) is 5.56 Å². The number of carbonyl (C=O) groups excluding carboxylic acids is 1. The topological polar surface area (TPSA) is 73.3 Å². The van der Waals surface area contributed by atoms with Crippen molar-refractivity contribution >= 4 is 34.1 Å². The number of hydrogen-bond donors (Lipinski definition) is 1. The molecule has 0 radical (unpaired) electrons. The van der Waals surface area contributed by atoms with E-state index >= 15 is 0 Å². The molecule has 22 heavy (non-hydrogen) atoms. The zero-order valence-corrected chi connectivity index (χ0v) is 14.0. The zero-order valence-electron chi connectivity index (χ0n) is 12.4. The van der Waals surface area contributed by atoms with Crippen molar-refractivity contribution in [3.63, 3.8) is 0 Å². The Labute approximate surface area is 137 Å². The Bertz CT molecular complexity index is 619. The molecule has 8 heteroatoms. The molecule has 0 spiro atoms. The molecule has 0 saturated carbocycles. The third-order valence-electron chi connectivity index (χ3n) is 2.71. The van der Waals surface area contributed by atoms with Gasteiger partial charge in [0, 0.05) is 18.4 Å². The molecule has 1 N–H and O–H groups in total. The fraction of sp³-hybridized carbons (Fsp3) is 0.357. The maximum Gasteiger partial charge on any atom is 0.230 e. The second-order valence-electron chi connectivity index (χ2n) is 4.25. The van der Waals surface area contributed by atoms with Gasteiger partial charge in [-0.1, -0.05) is 41.3 Å². The van der Waals surface area contributed by atoms with E-state index in [0.717, 1.165) is 15.7 Å². The molecule has 6 nitrogen and oxygen atoms in total. The minimum atomic E-state index is -0.144. The van der Waals surface area contributed by atoms with Gasteiger partial charge in [-0.3, -0.25) is 4.79 Å². The molecule has 0 saturated heterocycles. The van der Waals surface area contributed by atoms with Gasteiger partial charge in [0.15, 0.2) is 4.34 Å². The fourth-order valence-corrected chi connectivity index (χ4v) is 3.46. The largest absolute Gasteiger partial charge is 0.496 e. The Kier molecular flexibility index (Phi) is 6.63. The van der Waals surface area contributed by atoms with Gasteiger partial charge in [0.25, 0.3) is 0 Å². The molecule has 1 aromatic heterocycles. The lowest BCUT2D eigenvalue weighted by Gasteiger charge is -2.07. The van der Waals surface area contributed by atoms with Crippen molar-refractivity contribution in [1.29, 1.82) is 0 Å². The van der Waals surface area contributed by atoms with E-state index in [2.05, 4.69) is 15.5 Å². The Hall–Kier alpha value is -1.64. The summed E-state index contributed by atoms with van der Waals surface area (Å²) >= 11 is 2.91. The van der Waals surface area contributed by atoms with Crippen molar-refractivity contribution in [1.82, 2.24) is 10.2 Å². The summed E-state index contributed by atoms with van der Waals surface area (Å²) in [4.78, 5) is 12.1. The molecule has 1 heterocycles. The molecular formula is C14H17N3O3S2. The van der Waals surface area contributed by atoms with Crippen molar-refractivity contribution in [3.8, 4) is 5.75 Å². The lowest BCUT2D eigenvalue weighted by Crippen LogP contribution is -2.14. The molecular weight excluding hydrogens is 322 g/mol. The van der Waals surface area contributed by atoms with Gasteiger partial charge in [0.05, 0.1) is 20.1 Å². The predicted molar refractivity (Wildman–Crippen MR) is 87.8 cm³/mol. The smallest absolute Gasteiger partial charge is 0.230 e. The number of para-hydroxylation sites is 1. The van der Waals surface area contributed by atoms with E-state index in [-0.39, 0.29) is 12.3 Å². The number of hydrogen-bond acceptors (Lipinski definition) is 7. The maximum absolute atomic E-state index is 12.1. The molecule has 0 atom stereocenters. The van der Waals surface area contributed by atoms with Crippen molar-refractivity contribution in [3.05, 3.63) is 29.8 Å². The molecule has 0 aliphatic carbocycles. The number of thioether (sulfide) groups is 1. The van der Waals surface area contributed by atoms with Crippen molar-refractivity contribution in [2.75, 3.05) is 31.9 Å². The van der Waals surface area contributed by atoms with Crippen LogP contribution in [-0.4, -0.2) is 42.7 Å². The van der Waals surface area contributed by atoms with Gasteiger partial charge in [-0.2, -0.15) is 0 Å². The van der Waals surface area contributed by atoms with Gasteiger partial charge in [0.1, 0.15) is 5.75 Å². The molecule has 0 bridgehead atoms. The molecule has 2 aromatic rings. The third-order valence-corrected chi connectivity index (χ3v) is 4.65. The Morgan fingerprint density at radius 2 is 2.14 bits per heavy atom. The average Bonchev–Trinajstić information content (AvgIpc) is 2.95. The normalized spacial score (nSPS) is 10.5. The van der Waals surface area contributed by atoms with E-state index in [1.165, 1.54) is 11.3 Å². The first-order chi connectivity index (χ1) is 10.7. The average molecular weight is 339 g/mol. The van der Waals surface area contributed by atoms with Crippen LogP contribution in [-0.2, 0) is 16.0 Å². The van der Waals surface area contributed by atoms with E-state index in [0.29, 0.717) is 17.5 Å². The molecule has 0 fully saturated rings. The van der Waals surface area contributed by atoms with Crippen LogP contribution >= 0.6 is 23.1 Å². The van der Waals surface area contributed by atoms with Crippen molar-refractivity contribution in [2.45, 2.75) is 10.8 Å². The van der Waals surface area contributed by atoms with Gasteiger partial charge in [-0.05, 0) is 6.07 Å². The van der Waals surface area contributed by atoms with Gasteiger partial charge in [-0.15, -0.1) is 10.2 Å². The van der Waals surface area contributed by atoms with Gasteiger partial charge >= 0.3 is 0 Å². The Balaban J connectivity index is 1.89. The number of ether oxygens (including phenoxy) is 2. The third kappa shape index (κ3) is 4.97. The van der Waals surface area contributed by atoms with Gasteiger partial charge in [0.2, 0.25) is 11.0 Å². The summed E-state index contributed by atoms with van der Waals surface area (Å²) in [6.45, 7) is 0.653. The number of anilines is 1. The zero-order chi connectivity index (χ0) is 15.8. The highest BCUT2D eigenvalue weighted by molar-refractivity contribution is 8.01. The summed E-state index contributed by atoms with van der Waals surface area (Å²) in [5.41, 5.74) is 0.835. The molecule has 0 aliphatic rings. The van der Waals surface area contributed by atoms with Crippen LogP contribution in [0.3, 0.4) is 0 Å². The first-order valence-corrected chi connectivity index (χ1v) is 8.40. The summed E-state index contributed by atoms with van der Waals surface area (Å²) < 4.78 is 11.0. The highest BCUT2D eigenvalue weighted by Crippen LogP contribution is 2.25. The van der Waals surface area contributed by atoms with Crippen molar-refractivity contribution < 1.29 is 14.3 Å². The minimum absolute atomic E-state index is 0.144. The van der Waals surface area contributed by atoms with Gasteiger partial charge < -0.3 is 14.8 Å². The van der Waals surface area contributed by atoms with Crippen LogP contribution < -0.4 is 10.1 Å². The van der Waals surface area contributed by atoms with E-state index in [4.69, 9.17) is 9.47 Å². The van der Waals surface area contributed by atoms with Crippen LogP contribution in [0.4, 0.5) is 5.13 Å². The van der Waals surface area contributed by atoms with Crippen molar-refractivity contribution in [2.24, 2.45) is 0 Å². The molecule has 2 rings (SSSR count). The lowest BCUT2D eigenvalue weighted by molar-refractivity contribution is -0.115. The molecule has 1 aromatic carbocycles. The van der Waals surface area contributed by atoms with Crippen LogP contribution in [0.5, 0.6) is 5.75 Å². The lowest BCUT2D eigenvalue weighted by atomic mass is 10.1. The number of rotatable bonds is 8. The van der Waals surface area contributed by atoms with E-state index in [1.807, 2.05) is 24.3 Å². The predicted octanol–water partition coefficient (Wildman–Crippen LogP) is 2.47. The van der Waals surface area contributed by atoms with E-state index < -0.39 is 0 Å². The number of methoxy groups -OCH3 is 2. The second kappa shape index (κ2) is 8.72. The standard InChI is InChI=1S/C14H17N3O3S2/c1-19-7-8-21-14-17-16-13(22-14)15-12(18)9-10-5-3-4-6-11(10)20-2/h3-6H,7-9H2,1-2H3,(H,15,16,18). The second-order valence-corrected chi connectivity index (χ2v) is 6.57. The quantitative estimate of drug-likeness (QED) is 0.452. The Morgan fingerprint density at radius 1 is 1.32 bits per heavy atom. The summed E-state index contributed by atoms with van der Waals surface area (Å²) in [7, 11) is 3.25. The highest BCUT2D eigenvalue weighted by atomic mass is 32.2. The van der Waals surface area contributed by atoms with Gasteiger partial charge in [-0.25, -0.2) is 0 Å². The monoisotopic (exact) mass is 339 g/mol. The van der Waals surface area contributed by atoms with Crippen LogP contribution in [0.15, 0.2) is 28.6 Å². The SMILES string of the molecule is COCCSc1nnc(NC(=O)Cc2ccccc2OC)s1. The molecule has 0 aliphatic heterocycles. The Morgan fingerprint density at radius 3 is 2.91 bits per heavy atom. The first-order valence-electron chi connectivity index (χ1n) is 6.60. The summed E-state index contributed by atoms with van der Waals surface area (Å²) in [6, 6.07) is 7.44. The van der Waals surface area contributed by atoms with E-state index in [9.17, 15) is 4.79 Å². The summed E-state index contributed by atoms with van der Waals surface area (Å²) in [5, 5.41) is 11.2. The van der Waals surface area contributed by atoms with Crippen LogP contribution in [0.25, 0.3) is 0 Å². The number of amides is 1. The number of aromatic nitrogens is 2.